The van der Waals surface area contributed by atoms with Gasteiger partial charge in [-0.25, -0.2) is 4.79 Å². The van der Waals surface area contributed by atoms with Crippen molar-refractivity contribution in [3.05, 3.63) is 62.3 Å². The Morgan fingerprint density at radius 1 is 1.17 bits per heavy atom. The largest absolute Gasteiger partial charge is 0.406 e. The summed E-state index contributed by atoms with van der Waals surface area (Å²) in [6.45, 7) is -1.59. The lowest BCUT2D eigenvalue weighted by Crippen LogP contribution is -2.43. The number of alkyl halides is 3. The van der Waals surface area contributed by atoms with E-state index in [4.69, 9.17) is 0 Å². The van der Waals surface area contributed by atoms with Gasteiger partial charge in [-0.1, -0.05) is 30.3 Å². The summed E-state index contributed by atoms with van der Waals surface area (Å²) in [5, 5.41) is 3.03. The summed E-state index contributed by atoms with van der Waals surface area (Å²) >= 11 is 0. The molecule has 0 radical (unpaired) electrons. The van der Waals surface area contributed by atoms with Gasteiger partial charge in [-0.3, -0.25) is 14.3 Å². The number of fused-ring (bicyclic) bond motifs is 1. The Balaban J connectivity index is 1.97. The van der Waals surface area contributed by atoms with E-state index in [1.54, 1.807) is 0 Å². The SMILES string of the molecule is O=c1[nH]c2c(c(=O)n1CC(F)(F)F)CC[C@@H](c1ccccc1)N2. The molecule has 3 rings (SSSR count). The number of hydrogen-bond donors (Lipinski definition) is 2. The van der Waals surface area contributed by atoms with E-state index in [0.29, 0.717) is 12.8 Å². The van der Waals surface area contributed by atoms with Crippen LogP contribution < -0.4 is 16.6 Å². The van der Waals surface area contributed by atoms with Crippen LogP contribution in [0.3, 0.4) is 0 Å². The van der Waals surface area contributed by atoms with Crippen LogP contribution in [0, 0.1) is 0 Å². The van der Waals surface area contributed by atoms with Gasteiger partial charge in [0.1, 0.15) is 12.4 Å². The molecule has 0 aliphatic carbocycles. The summed E-state index contributed by atoms with van der Waals surface area (Å²) in [7, 11) is 0. The maximum Gasteiger partial charge on any atom is 0.406 e. The van der Waals surface area contributed by atoms with Crippen molar-refractivity contribution in [3.8, 4) is 0 Å². The molecule has 2 N–H and O–H groups in total. The van der Waals surface area contributed by atoms with E-state index in [1.807, 2.05) is 30.3 Å². The lowest BCUT2D eigenvalue weighted by atomic mass is 9.96. The minimum absolute atomic E-state index is 0.0998. The van der Waals surface area contributed by atoms with Gasteiger partial charge in [-0.15, -0.1) is 0 Å². The number of anilines is 1. The number of aromatic nitrogens is 2. The number of hydrogen-bond acceptors (Lipinski definition) is 3. The van der Waals surface area contributed by atoms with E-state index in [-0.39, 0.29) is 22.0 Å². The van der Waals surface area contributed by atoms with Gasteiger partial charge in [-0.2, -0.15) is 13.2 Å². The number of rotatable bonds is 2. The maximum atomic E-state index is 12.5. The molecule has 23 heavy (non-hydrogen) atoms. The number of nitrogens with one attached hydrogen (secondary N) is 2. The third-order valence-electron chi connectivity index (χ3n) is 3.82. The van der Waals surface area contributed by atoms with E-state index < -0.39 is 24.0 Å². The summed E-state index contributed by atoms with van der Waals surface area (Å²) < 4.78 is 37.7. The van der Waals surface area contributed by atoms with Gasteiger partial charge in [0, 0.05) is 0 Å². The maximum absolute atomic E-state index is 12.5. The molecule has 122 valence electrons. The van der Waals surface area contributed by atoms with Crippen molar-refractivity contribution in [1.82, 2.24) is 9.55 Å². The highest BCUT2D eigenvalue weighted by Crippen LogP contribution is 2.29. The molecule has 1 atom stereocenters. The van der Waals surface area contributed by atoms with Crippen LogP contribution in [0.1, 0.15) is 23.6 Å². The van der Waals surface area contributed by atoms with Gasteiger partial charge in [0.2, 0.25) is 0 Å². The van der Waals surface area contributed by atoms with Crippen LogP contribution in [0.2, 0.25) is 0 Å². The van der Waals surface area contributed by atoms with Crippen molar-refractivity contribution in [2.24, 2.45) is 0 Å². The van der Waals surface area contributed by atoms with Gasteiger partial charge in [0.05, 0.1) is 11.6 Å². The fraction of sp³-hybridized carbons (Fsp3) is 0.333. The predicted molar refractivity (Wildman–Crippen MR) is 78.5 cm³/mol. The van der Waals surface area contributed by atoms with Gasteiger partial charge in [0.25, 0.3) is 5.56 Å². The summed E-state index contributed by atoms with van der Waals surface area (Å²) in [6.07, 6.45) is -3.76. The molecule has 0 unspecified atom stereocenters. The van der Waals surface area contributed by atoms with Crippen LogP contribution in [0.15, 0.2) is 39.9 Å². The molecule has 0 amide bonds. The van der Waals surface area contributed by atoms with Crippen molar-refractivity contribution < 1.29 is 13.2 Å². The molecule has 1 aliphatic heterocycles. The highest BCUT2D eigenvalue weighted by molar-refractivity contribution is 5.47. The molecule has 0 saturated carbocycles. The first-order valence-corrected chi connectivity index (χ1v) is 7.09. The highest BCUT2D eigenvalue weighted by atomic mass is 19.4. The zero-order valence-corrected chi connectivity index (χ0v) is 12.0. The number of H-pyrrole nitrogens is 1. The second kappa shape index (κ2) is 5.60. The minimum atomic E-state index is -4.63. The Morgan fingerprint density at radius 2 is 1.87 bits per heavy atom. The molecule has 2 heterocycles. The number of nitrogens with zero attached hydrogens (tertiary/aromatic N) is 1. The smallest absolute Gasteiger partial charge is 0.364 e. The molecule has 0 spiro atoms. The van der Waals surface area contributed by atoms with Crippen molar-refractivity contribution >= 4 is 5.82 Å². The summed E-state index contributed by atoms with van der Waals surface area (Å²) in [4.78, 5) is 26.3. The standard InChI is InChI=1S/C15H14F3N3O2/c16-15(17,18)8-21-13(22)10-6-7-11(9-4-2-1-3-5-9)19-12(10)20-14(21)23/h1-5,11,19H,6-8H2,(H,20,23)/t11-/m0/s1. The molecule has 0 bridgehead atoms. The molecular formula is C15H14F3N3O2. The van der Waals surface area contributed by atoms with E-state index in [0.717, 1.165) is 5.56 Å². The van der Waals surface area contributed by atoms with E-state index in [2.05, 4.69) is 10.3 Å². The first kappa shape index (κ1) is 15.4. The molecule has 1 aliphatic rings. The Kier molecular flexibility index (Phi) is 3.75. The third kappa shape index (κ3) is 3.15. The van der Waals surface area contributed by atoms with Crippen LogP contribution in [0.4, 0.5) is 19.0 Å². The molecule has 8 heteroatoms. The monoisotopic (exact) mass is 325 g/mol. The predicted octanol–water partition coefficient (Wildman–Crippen LogP) is 2.20. The Hall–Kier alpha value is -2.51. The fourth-order valence-corrected chi connectivity index (χ4v) is 2.76. The van der Waals surface area contributed by atoms with Gasteiger partial charge in [-0.05, 0) is 18.4 Å². The molecule has 5 nitrogen and oxygen atoms in total. The highest BCUT2D eigenvalue weighted by Gasteiger charge is 2.31. The van der Waals surface area contributed by atoms with E-state index in [9.17, 15) is 22.8 Å². The first-order chi connectivity index (χ1) is 10.8. The van der Waals surface area contributed by atoms with Crippen LogP contribution in [0.25, 0.3) is 0 Å². The average Bonchev–Trinajstić information content (AvgIpc) is 2.51. The normalized spacial score (nSPS) is 17.4. The second-order valence-electron chi connectivity index (χ2n) is 5.44. The van der Waals surface area contributed by atoms with Gasteiger partial charge >= 0.3 is 11.9 Å². The molecule has 2 aromatic rings. The topological polar surface area (TPSA) is 66.9 Å². The molecule has 0 saturated heterocycles. The number of benzene rings is 1. The molecule has 1 aromatic carbocycles. The van der Waals surface area contributed by atoms with Crippen molar-refractivity contribution in [2.75, 3.05) is 5.32 Å². The van der Waals surface area contributed by atoms with Crippen LogP contribution >= 0.6 is 0 Å². The van der Waals surface area contributed by atoms with Gasteiger partial charge < -0.3 is 5.32 Å². The number of aromatic amines is 1. The molecule has 1 aromatic heterocycles. The second-order valence-corrected chi connectivity index (χ2v) is 5.44. The molecular weight excluding hydrogens is 311 g/mol. The van der Waals surface area contributed by atoms with E-state index >= 15 is 0 Å². The van der Waals surface area contributed by atoms with Crippen molar-refractivity contribution in [3.63, 3.8) is 0 Å². The fourth-order valence-electron chi connectivity index (χ4n) is 2.76. The lowest BCUT2D eigenvalue weighted by Gasteiger charge is -2.27. The van der Waals surface area contributed by atoms with E-state index in [1.165, 1.54) is 0 Å². The minimum Gasteiger partial charge on any atom is -0.364 e. The third-order valence-corrected chi connectivity index (χ3v) is 3.82. The zero-order valence-electron chi connectivity index (χ0n) is 12.0. The quantitative estimate of drug-likeness (QED) is 0.889. The van der Waals surface area contributed by atoms with Crippen molar-refractivity contribution in [2.45, 2.75) is 31.6 Å². The first-order valence-electron chi connectivity index (χ1n) is 7.09. The summed E-state index contributed by atoms with van der Waals surface area (Å²) in [6, 6.07) is 9.33. The van der Waals surface area contributed by atoms with Gasteiger partial charge in [0.15, 0.2) is 0 Å². The van der Waals surface area contributed by atoms with Crippen molar-refractivity contribution in [1.29, 1.82) is 0 Å². The average molecular weight is 325 g/mol. The van der Waals surface area contributed by atoms with Crippen LogP contribution in [0.5, 0.6) is 0 Å². The summed E-state index contributed by atoms with van der Waals surface area (Å²) in [5.41, 5.74) is -0.785. The Morgan fingerprint density at radius 3 is 2.52 bits per heavy atom. The lowest BCUT2D eigenvalue weighted by molar-refractivity contribution is -0.141. The zero-order chi connectivity index (χ0) is 16.6. The van der Waals surface area contributed by atoms with Crippen LogP contribution in [-0.2, 0) is 13.0 Å². The Bertz CT molecular complexity index is 825. The van der Waals surface area contributed by atoms with Crippen LogP contribution in [-0.4, -0.2) is 15.7 Å². The summed E-state index contributed by atoms with van der Waals surface area (Å²) in [5.74, 6) is 0.207. The number of halogens is 3. The Labute approximate surface area is 128 Å². The molecule has 0 fully saturated rings.